The van der Waals surface area contributed by atoms with E-state index in [4.69, 9.17) is 22.7 Å². The highest BCUT2D eigenvalue weighted by atomic mass is 32.1. The molecule has 2 aromatic carbocycles. The molecular formula is C15H16N2OS. The molecule has 4 heteroatoms. The van der Waals surface area contributed by atoms with Crippen molar-refractivity contribution in [2.45, 2.75) is 6.92 Å². The van der Waals surface area contributed by atoms with Gasteiger partial charge >= 0.3 is 0 Å². The zero-order valence-corrected chi connectivity index (χ0v) is 11.8. The Morgan fingerprint density at radius 3 is 2.42 bits per heavy atom. The van der Waals surface area contributed by atoms with Crippen molar-refractivity contribution >= 4 is 28.6 Å². The molecule has 0 radical (unpaired) electrons. The molecule has 0 atom stereocenters. The molecule has 0 saturated carbocycles. The van der Waals surface area contributed by atoms with Crippen LogP contribution in [0.4, 0.5) is 11.4 Å². The highest BCUT2D eigenvalue weighted by molar-refractivity contribution is 7.80. The minimum Gasteiger partial charge on any atom is -0.497 e. The highest BCUT2D eigenvalue weighted by Gasteiger charge is 2.08. The van der Waals surface area contributed by atoms with Gasteiger partial charge in [-0.2, -0.15) is 0 Å². The number of aryl methyl sites for hydroxylation is 1. The summed E-state index contributed by atoms with van der Waals surface area (Å²) in [5, 5.41) is 3.35. The summed E-state index contributed by atoms with van der Waals surface area (Å²) < 4.78 is 5.14. The van der Waals surface area contributed by atoms with Crippen molar-refractivity contribution in [2.24, 2.45) is 5.73 Å². The number of rotatable bonds is 4. The molecular weight excluding hydrogens is 256 g/mol. The lowest BCUT2D eigenvalue weighted by atomic mass is 10.1. The van der Waals surface area contributed by atoms with E-state index in [1.165, 1.54) is 0 Å². The Morgan fingerprint density at radius 2 is 1.84 bits per heavy atom. The van der Waals surface area contributed by atoms with Crippen LogP contribution in [0.3, 0.4) is 0 Å². The Kier molecular flexibility index (Phi) is 4.02. The molecule has 98 valence electrons. The summed E-state index contributed by atoms with van der Waals surface area (Å²) in [5.41, 5.74) is 9.62. The van der Waals surface area contributed by atoms with Crippen molar-refractivity contribution < 1.29 is 4.74 Å². The van der Waals surface area contributed by atoms with Crippen LogP contribution in [0.5, 0.6) is 5.75 Å². The van der Waals surface area contributed by atoms with Gasteiger partial charge in [0.2, 0.25) is 0 Å². The van der Waals surface area contributed by atoms with Crippen LogP contribution < -0.4 is 15.8 Å². The average Bonchev–Trinajstić information content (AvgIpc) is 2.41. The standard InChI is InChI=1S/C15H16N2OS/c1-10-4-3-5-13(15(16)19)14(10)17-11-6-8-12(18-2)9-7-11/h3-9,17H,1-2H3,(H2,16,19). The lowest BCUT2D eigenvalue weighted by Crippen LogP contribution is -2.12. The minimum atomic E-state index is 0.389. The van der Waals surface area contributed by atoms with Gasteiger partial charge in [-0.15, -0.1) is 0 Å². The van der Waals surface area contributed by atoms with E-state index in [1.54, 1.807) is 7.11 Å². The number of anilines is 2. The number of nitrogens with two attached hydrogens (primary N) is 1. The zero-order valence-electron chi connectivity index (χ0n) is 10.9. The first kappa shape index (κ1) is 13.4. The molecule has 19 heavy (non-hydrogen) atoms. The lowest BCUT2D eigenvalue weighted by Gasteiger charge is -2.14. The van der Waals surface area contributed by atoms with Crippen LogP contribution in [0.2, 0.25) is 0 Å². The van der Waals surface area contributed by atoms with E-state index in [1.807, 2.05) is 49.4 Å². The smallest absolute Gasteiger partial charge is 0.119 e. The molecule has 2 aromatic rings. The molecule has 0 unspecified atom stereocenters. The molecule has 0 spiro atoms. The van der Waals surface area contributed by atoms with Gasteiger partial charge in [-0.1, -0.05) is 24.4 Å². The summed E-state index contributed by atoms with van der Waals surface area (Å²) in [6.07, 6.45) is 0. The molecule has 0 aliphatic heterocycles. The fraction of sp³-hybridized carbons (Fsp3) is 0.133. The van der Waals surface area contributed by atoms with E-state index < -0.39 is 0 Å². The second-order valence-corrected chi connectivity index (χ2v) is 4.66. The summed E-state index contributed by atoms with van der Waals surface area (Å²) in [4.78, 5) is 0.389. The Hall–Kier alpha value is -2.07. The normalized spacial score (nSPS) is 10.0. The quantitative estimate of drug-likeness (QED) is 0.838. The Labute approximate surface area is 118 Å². The minimum absolute atomic E-state index is 0.389. The van der Waals surface area contributed by atoms with Gasteiger partial charge in [0.25, 0.3) is 0 Å². The van der Waals surface area contributed by atoms with Gasteiger partial charge in [0.15, 0.2) is 0 Å². The van der Waals surface area contributed by atoms with Gasteiger partial charge < -0.3 is 15.8 Å². The van der Waals surface area contributed by atoms with Gasteiger partial charge in [0, 0.05) is 11.3 Å². The monoisotopic (exact) mass is 272 g/mol. The summed E-state index contributed by atoms with van der Waals surface area (Å²) in [6.45, 7) is 2.02. The average molecular weight is 272 g/mol. The van der Waals surface area contributed by atoms with Crippen LogP contribution in [0.1, 0.15) is 11.1 Å². The van der Waals surface area contributed by atoms with Crippen molar-refractivity contribution in [3.05, 3.63) is 53.6 Å². The number of thiocarbonyl (C=S) groups is 1. The predicted octanol–water partition coefficient (Wildman–Crippen LogP) is 3.38. The number of nitrogens with one attached hydrogen (secondary N) is 1. The molecule has 0 fully saturated rings. The third kappa shape index (κ3) is 3.03. The van der Waals surface area contributed by atoms with Gasteiger partial charge in [-0.25, -0.2) is 0 Å². The highest BCUT2D eigenvalue weighted by Crippen LogP contribution is 2.26. The third-order valence-corrected chi connectivity index (χ3v) is 3.12. The van der Waals surface area contributed by atoms with E-state index in [-0.39, 0.29) is 0 Å². The maximum atomic E-state index is 5.75. The largest absolute Gasteiger partial charge is 0.497 e. The first-order chi connectivity index (χ1) is 9.11. The molecule has 2 rings (SSSR count). The van der Waals surface area contributed by atoms with Gasteiger partial charge in [0.05, 0.1) is 12.8 Å². The van der Waals surface area contributed by atoms with Crippen LogP contribution in [0, 0.1) is 6.92 Å². The number of benzene rings is 2. The summed E-state index contributed by atoms with van der Waals surface area (Å²) in [7, 11) is 1.65. The Bertz CT molecular complexity index is 594. The predicted molar refractivity (Wildman–Crippen MR) is 83.3 cm³/mol. The number of methoxy groups -OCH3 is 1. The van der Waals surface area contributed by atoms with Crippen molar-refractivity contribution in [1.82, 2.24) is 0 Å². The molecule has 0 bridgehead atoms. The number of para-hydroxylation sites is 1. The van der Waals surface area contributed by atoms with E-state index in [2.05, 4.69) is 5.32 Å². The number of ether oxygens (including phenoxy) is 1. The van der Waals surface area contributed by atoms with Crippen molar-refractivity contribution in [3.8, 4) is 5.75 Å². The molecule has 0 amide bonds. The summed E-state index contributed by atoms with van der Waals surface area (Å²) in [6, 6.07) is 13.6. The SMILES string of the molecule is COc1ccc(Nc2c(C)cccc2C(N)=S)cc1. The fourth-order valence-electron chi connectivity index (χ4n) is 1.86. The third-order valence-electron chi connectivity index (χ3n) is 2.90. The Morgan fingerprint density at radius 1 is 1.16 bits per heavy atom. The van der Waals surface area contributed by atoms with Gasteiger partial charge in [-0.05, 0) is 42.8 Å². The van der Waals surface area contributed by atoms with Crippen LogP contribution in [-0.2, 0) is 0 Å². The molecule has 0 aliphatic rings. The maximum Gasteiger partial charge on any atom is 0.119 e. The first-order valence-corrected chi connectivity index (χ1v) is 6.33. The summed E-state index contributed by atoms with van der Waals surface area (Å²) in [5.74, 6) is 0.824. The molecule has 3 nitrogen and oxygen atoms in total. The van der Waals surface area contributed by atoms with Crippen molar-refractivity contribution in [2.75, 3.05) is 12.4 Å². The molecule has 0 aromatic heterocycles. The fourth-order valence-corrected chi connectivity index (χ4v) is 2.03. The van der Waals surface area contributed by atoms with Crippen molar-refractivity contribution in [3.63, 3.8) is 0 Å². The second-order valence-electron chi connectivity index (χ2n) is 4.22. The van der Waals surface area contributed by atoms with E-state index in [9.17, 15) is 0 Å². The topological polar surface area (TPSA) is 47.3 Å². The van der Waals surface area contributed by atoms with Gasteiger partial charge in [0.1, 0.15) is 10.7 Å². The Balaban J connectivity index is 2.34. The van der Waals surface area contributed by atoms with Crippen molar-refractivity contribution in [1.29, 1.82) is 0 Å². The zero-order chi connectivity index (χ0) is 13.8. The first-order valence-electron chi connectivity index (χ1n) is 5.92. The van der Waals surface area contributed by atoms with Gasteiger partial charge in [-0.3, -0.25) is 0 Å². The number of hydrogen-bond acceptors (Lipinski definition) is 3. The summed E-state index contributed by atoms with van der Waals surface area (Å²) >= 11 is 5.08. The van der Waals surface area contributed by atoms with Crippen LogP contribution in [-0.4, -0.2) is 12.1 Å². The molecule has 0 saturated heterocycles. The lowest BCUT2D eigenvalue weighted by molar-refractivity contribution is 0.415. The van der Waals surface area contributed by atoms with E-state index in [0.717, 1.165) is 28.3 Å². The van der Waals surface area contributed by atoms with Crippen LogP contribution >= 0.6 is 12.2 Å². The molecule has 3 N–H and O–H groups in total. The maximum absolute atomic E-state index is 5.75. The van der Waals surface area contributed by atoms with Crippen LogP contribution in [0.25, 0.3) is 0 Å². The second kappa shape index (κ2) is 5.71. The van der Waals surface area contributed by atoms with Crippen LogP contribution in [0.15, 0.2) is 42.5 Å². The van der Waals surface area contributed by atoms with E-state index in [0.29, 0.717) is 4.99 Å². The van der Waals surface area contributed by atoms with E-state index >= 15 is 0 Å². The number of hydrogen-bond donors (Lipinski definition) is 2. The molecule has 0 aliphatic carbocycles. The molecule has 0 heterocycles.